The number of carbonyl (C=O) groups excluding carboxylic acids is 1. The van der Waals surface area contributed by atoms with Gasteiger partial charge in [-0.2, -0.15) is 0 Å². The third kappa shape index (κ3) is 4.26. The van der Waals surface area contributed by atoms with Crippen molar-refractivity contribution in [3.8, 4) is 0 Å². The second-order valence-corrected chi connectivity index (χ2v) is 4.59. The maximum Gasteiger partial charge on any atom is 0.320 e. The van der Waals surface area contributed by atoms with E-state index in [4.69, 9.17) is 11.6 Å². The molecule has 0 fully saturated rings. The van der Waals surface area contributed by atoms with Crippen LogP contribution in [0.3, 0.4) is 0 Å². The molecule has 0 unspecified atom stereocenters. The van der Waals surface area contributed by atoms with Crippen molar-refractivity contribution >= 4 is 23.4 Å². The minimum atomic E-state index is -0.309. The van der Waals surface area contributed by atoms with Gasteiger partial charge in [0.2, 0.25) is 0 Å². The molecule has 0 radical (unpaired) electrons. The van der Waals surface area contributed by atoms with E-state index in [0.29, 0.717) is 17.4 Å². The summed E-state index contributed by atoms with van der Waals surface area (Å²) in [6, 6.07) is 10.9. The Kier molecular flexibility index (Phi) is 4.36. The van der Waals surface area contributed by atoms with Crippen LogP contribution in [0.1, 0.15) is 11.1 Å². The average Bonchev–Trinajstić information content (AvgIpc) is 2.36. The number of nitrogens with zero attached hydrogens (tertiary/aromatic N) is 1. The van der Waals surface area contributed by atoms with Gasteiger partial charge in [0.25, 0.3) is 0 Å². The highest BCUT2D eigenvalue weighted by atomic mass is 35.5. The fraction of sp³-hybridized carbons (Fsp3) is 0.143. The second-order valence-electron chi connectivity index (χ2n) is 4.16. The maximum absolute atomic E-state index is 11.7. The van der Waals surface area contributed by atoms with E-state index in [1.807, 2.05) is 31.2 Å². The summed E-state index contributed by atoms with van der Waals surface area (Å²) >= 11 is 5.81. The van der Waals surface area contributed by atoms with Crippen molar-refractivity contribution in [2.24, 2.45) is 0 Å². The molecule has 5 heteroatoms. The standard InChI is InChI=1S/C14H14ClN3O/c1-10-3-2-4-11(7-10)9-17-14(19)18-13-8-12(15)5-6-16-13/h2-8H,9H2,1H3,(H2,16,17,18,19). The van der Waals surface area contributed by atoms with Crippen LogP contribution in [0.4, 0.5) is 10.6 Å². The number of aryl methyl sites for hydroxylation is 1. The molecule has 1 aromatic heterocycles. The second kappa shape index (κ2) is 6.20. The van der Waals surface area contributed by atoms with Crippen LogP contribution in [-0.4, -0.2) is 11.0 Å². The normalized spacial score (nSPS) is 10.0. The van der Waals surface area contributed by atoms with Gasteiger partial charge in [-0.3, -0.25) is 5.32 Å². The Balaban J connectivity index is 1.88. The summed E-state index contributed by atoms with van der Waals surface area (Å²) in [6.45, 7) is 2.48. The summed E-state index contributed by atoms with van der Waals surface area (Å²) in [5.41, 5.74) is 2.21. The van der Waals surface area contributed by atoms with Crippen LogP contribution in [0, 0.1) is 6.92 Å². The lowest BCUT2D eigenvalue weighted by Gasteiger charge is -2.07. The predicted molar refractivity (Wildman–Crippen MR) is 76.3 cm³/mol. The van der Waals surface area contributed by atoms with E-state index in [9.17, 15) is 4.79 Å². The molecule has 0 saturated heterocycles. The number of hydrogen-bond donors (Lipinski definition) is 2. The Bertz CT molecular complexity index is 586. The molecule has 0 aliphatic heterocycles. The van der Waals surface area contributed by atoms with Crippen molar-refractivity contribution in [1.82, 2.24) is 10.3 Å². The van der Waals surface area contributed by atoms with E-state index in [0.717, 1.165) is 11.1 Å². The summed E-state index contributed by atoms with van der Waals surface area (Å²) in [7, 11) is 0. The fourth-order valence-corrected chi connectivity index (χ4v) is 1.80. The van der Waals surface area contributed by atoms with E-state index in [1.165, 1.54) is 0 Å². The molecule has 19 heavy (non-hydrogen) atoms. The number of carbonyl (C=O) groups is 1. The van der Waals surface area contributed by atoms with Crippen LogP contribution in [0.15, 0.2) is 42.6 Å². The molecule has 0 saturated carbocycles. The van der Waals surface area contributed by atoms with Gasteiger partial charge in [0.05, 0.1) is 0 Å². The van der Waals surface area contributed by atoms with E-state index in [-0.39, 0.29) is 6.03 Å². The zero-order valence-corrected chi connectivity index (χ0v) is 11.2. The topological polar surface area (TPSA) is 54.0 Å². The Morgan fingerprint density at radius 3 is 2.89 bits per heavy atom. The average molecular weight is 276 g/mol. The molecule has 0 atom stereocenters. The number of nitrogens with one attached hydrogen (secondary N) is 2. The highest BCUT2D eigenvalue weighted by Crippen LogP contribution is 2.11. The number of urea groups is 1. The number of amides is 2. The maximum atomic E-state index is 11.7. The molecular formula is C14H14ClN3O. The molecule has 0 aliphatic carbocycles. The van der Waals surface area contributed by atoms with Crippen molar-refractivity contribution in [2.45, 2.75) is 13.5 Å². The van der Waals surface area contributed by atoms with Gasteiger partial charge in [-0.25, -0.2) is 9.78 Å². The first-order valence-corrected chi connectivity index (χ1v) is 6.23. The van der Waals surface area contributed by atoms with Crippen molar-refractivity contribution in [3.05, 3.63) is 58.7 Å². The lowest BCUT2D eigenvalue weighted by atomic mass is 10.1. The highest BCUT2D eigenvalue weighted by Gasteiger charge is 2.03. The minimum absolute atomic E-state index is 0.309. The predicted octanol–water partition coefficient (Wildman–Crippen LogP) is 3.37. The van der Waals surface area contributed by atoms with E-state index in [2.05, 4.69) is 15.6 Å². The number of halogens is 1. The summed E-state index contributed by atoms with van der Waals surface area (Å²) in [4.78, 5) is 15.7. The van der Waals surface area contributed by atoms with Gasteiger partial charge >= 0.3 is 6.03 Å². The number of benzene rings is 1. The lowest BCUT2D eigenvalue weighted by molar-refractivity contribution is 0.251. The van der Waals surface area contributed by atoms with Crippen molar-refractivity contribution in [2.75, 3.05) is 5.32 Å². The van der Waals surface area contributed by atoms with Crippen LogP contribution in [0.25, 0.3) is 0 Å². The molecular weight excluding hydrogens is 262 g/mol. The molecule has 2 rings (SSSR count). The Labute approximate surface area is 116 Å². The molecule has 0 aliphatic rings. The number of rotatable bonds is 3. The first kappa shape index (κ1) is 13.4. The van der Waals surface area contributed by atoms with Gasteiger partial charge in [0.15, 0.2) is 0 Å². The Morgan fingerprint density at radius 2 is 2.16 bits per heavy atom. The van der Waals surface area contributed by atoms with Crippen LogP contribution in [0.2, 0.25) is 5.02 Å². The molecule has 1 aromatic carbocycles. The molecule has 0 bridgehead atoms. The summed E-state index contributed by atoms with van der Waals surface area (Å²) in [6.07, 6.45) is 1.54. The first-order chi connectivity index (χ1) is 9.13. The van der Waals surface area contributed by atoms with Gasteiger partial charge in [-0.15, -0.1) is 0 Å². The van der Waals surface area contributed by atoms with Gasteiger partial charge in [0, 0.05) is 17.8 Å². The lowest BCUT2D eigenvalue weighted by Crippen LogP contribution is -2.28. The van der Waals surface area contributed by atoms with Crippen LogP contribution in [0.5, 0.6) is 0 Å². The number of hydrogen-bond acceptors (Lipinski definition) is 2. The molecule has 1 heterocycles. The number of pyridine rings is 1. The van der Waals surface area contributed by atoms with E-state index >= 15 is 0 Å². The highest BCUT2D eigenvalue weighted by molar-refractivity contribution is 6.30. The smallest absolute Gasteiger partial charge is 0.320 e. The van der Waals surface area contributed by atoms with Crippen LogP contribution < -0.4 is 10.6 Å². The van der Waals surface area contributed by atoms with Crippen LogP contribution >= 0.6 is 11.6 Å². The number of anilines is 1. The summed E-state index contributed by atoms with van der Waals surface area (Å²) in [5, 5.41) is 5.91. The fourth-order valence-electron chi connectivity index (χ4n) is 1.64. The summed E-state index contributed by atoms with van der Waals surface area (Å²) < 4.78 is 0. The Hall–Kier alpha value is -2.07. The third-order valence-corrected chi connectivity index (χ3v) is 2.73. The van der Waals surface area contributed by atoms with Gasteiger partial charge in [-0.05, 0) is 24.6 Å². The number of aromatic nitrogens is 1. The van der Waals surface area contributed by atoms with Gasteiger partial charge < -0.3 is 5.32 Å². The third-order valence-electron chi connectivity index (χ3n) is 2.50. The van der Waals surface area contributed by atoms with Crippen molar-refractivity contribution in [1.29, 1.82) is 0 Å². The van der Waals surface area contributed by atoms with Crippen molar-refractivity contribution in [3.63, 3.8) is 0 Å². The zero-order valence-electron chi connectivity index (χ0n) is 10.5. The molecule has 98 valence electrons. The van der Waals surface area contributed by atoms with Crippen LogP contribution in [-0.2, 0) is 6.54 Å². The molecule has 2 N–H and O–H groups in total. The monoisotopic (exact) mass is 275 g/mol. The van der Waals surface area contributed by atoms with Gasteiger partial charge in [-0.1, -0.05) is 41.4 Å². The first-order valence-electron chi connectivity index (χ1n) is 5.85. The largest absolute Gasteiger partial charge is 0.334 e. The summed E-state index contributed by atoms with van der Waals surface area (Å²) in [5.74, 6) is 0.425. The molecule has 0 spiro atoms. The molecule has 2 amide bonds. The van der Waals surface area contributed by atoms with E-state index in [1.54, 1.807) is 18.3 Å². The van der Waals surface area contributed by atoms with Crippen molar-refractivity contribution < 1.29 is 4.79 Å². The van der Waals surface area contributed by atoms with Gasteiger partial charge in [0.1, 0.15) is 5.82 Å². The van der Waals surface area contributed by atoms with E-state index < -0.39 is 0 Å². The molecule has 4 nitrogen and oxygen atoms in total. The SMILES string of the molecule is Cc1cccc(CNC(=O)Nc2cc(Cl)ccn2)c1. The quantitative estimate of drug-likeness (QED) is 0.902. The Morgan fingerprint density at radius 1 is 1.32 bits per heavy atom. The zero-order chi connectivity index (χ0) is 13.7. The molecule has 2 aromatic rings. The minimum Gasteiger partial charge on any atom is -0.334 e.